The molecule has 1 amide bonds. The molecule has 0 saturated heterocycles. The molecule has 5 rings (SSSR count). The minimum Gasteiger partial charge on any atom is -0.449 e. The van der Waals surface area contributed by atoms with Crippen LogP contribution in [0.1, 0.15) is 28.2 Å². The second-order valence-corrected chi connectivity index (χ2v) is 9.79. The molecule has 0 unspecified atom stereocenters. The molecule has 36 heavy (non-hydrogen) atoms. The highest BCUT2D eigenvalue weighted by molar-refractivity contribution is 8.13. The first-order chi connectivity index (χ1) is 17.7. The number of ether oxygens (including phenoxy) is 1. The highest BCUT2D eigenvalue weighted by atomic mass is 32.2. The Morgan fingerprint density at radius 1 is 0.722 bits per heavy atom. The lowest BCUT2D eigenvalue weighted by molar-refractivity contribution is -0.112. The molecule has 1 aliphatic carbocycles. The van der Waals surface area contributed by atoms with Gasteiger partial charge in [-0.25, -0.2) is 4.79 Å². The van der Waals surface area contributed by atoms with Crippen molar-refractivity contribution in [1.82, 2.24) is 5.32 Å². The molecule has 4 aromatic carbocycles. The van der Waals surface area contributed by atoms with Crippen molar-refractivity contribution >= 4 is 23.0 Å². The Balaban J connectivity index is 1.26. The van der Waals surface area contributed by atoms with Crippen LogP contribution < -0.4 is 5.32 Å². The fourth-order valence-corrected chi connectivity index (χ4v) is 5.50. The standard InChI is InChI=1S/C31H27NO3S/c33-30(36-21-23-13-5-2-6-14-23)29(19-22-11-3-1-4-12-22)32-31(34)35-20-28-26-17-9-7-15-24(26)25-16-8-10-18-27(25)28/h1-18,28-29H,19-21H2,(H,32,34)/t29-/m0/s1. The Morgan fingerprint density at radius 3 is 1.86 bits per heavy atom. The van der Waals surface area contributed by atoms with Crippen molar-refractivity contribution in [1.29, 1.82) is 0 Å². The first-order valence-electron chi connectivity index (χ1n) is 12.0. The predicted octanol–water partition coefficient (Wildman–Crippen LogP) is 6.60. The minimum absolute atomic E-state index is 0.0288. The van der Waals surface area contributed by atoms with Gasteiger partial charge in [0.1, 0.15) is 12.6 Å². The van der Waals surface area contributed by atoms with Crippen molar-refractivity contribution in [2.45, 2.75) is 24.1 Å². The number of benzene rings is 4. The number of alkyl carbamates (subject to hydrolysis) is 1. The van der Waals surface area contributed by atoms with Crippen LogP contribution in [0.5, 0.6) is 0 Å². The monoisotopic (exact) mass is 493 g/mol. The van der Waals surface area contributed by atoms with E-state index in [4.69, 9.17) is 4.74 Å². The lowest BCUT2D eigenvalue weighted by atomic mass is 9.98. The summed E-state index contributed by atoms with van der Waals surface area (Å²) in [5.74, 6) is 0.524. The molecule has 0 radical (unpaired) electrons. The molecule has 0 heterocycles. The number of hydrogen-bond acceptors (Lipinski definition) is 4. The summed E-state index contributed by atoms with van der Waals surface area (Å²) in [5.41, 5.74) is 6.71. The van der Waals surface area contributed by atoms with Crippen LogP contribution in [-0.4, -0.2) is 23.9 Å². The van der Waals surface area contributed by atoms with Crippen molar-refractivity contribution in [2.24, 2.45) is 0 Å². The van der Waals surface area contributed by atoms with Gasteiger partial charge in [-0.05, 0) is 33.4 Å². The SMILES string of the molecule is O=C(N[C@@H](Cc1ccccc1)C(=O)SCc1ccccc1)OCC1c2ccccc2-c2ccccc21. The van der Waals surface area contributed by atoms with Gasteiger partial charge in [-0.15, -0.1) is 0 Å². The molecule has 1 aliphatic rings. The highest BCUT2D eigenvalue weighted by Gasteiger charge is 2.30. The highest BCUT2D eigenvalue weighted by Crippen LogP contribution is 2.44. The third-order valence-electron chi connectivity index (χ3n) is 6.43. The number of carbonyl (C=O) groups is 2. The van der Waals surface area contributed by atoms with Gasteiger partial charge < -0.3 is 10.1 Å². The van der Waals surface area contributed by atoms with E-state index in [0.717, 1.165) is 22.3 Å². The number of rotatable bonds is 8. The van der Waals surface area contributed by atoms with Crippen LogP contribution in [0.25, 0.3) is 11.1 Å². The molecule has 4 aromatic rings. The van der Waals surface area contributed by atoms with Gasteiger partial charge in [0, 0.05) is 18.1 Å². The molecule has 5 heteroatoms. The van der Waals surface area contributed by atoms with Gasteiger partial charge in [0.2, 0.25) is 5.12 Å². The van der Waals surface area contributed by atoms with E-state index in [2.05, 4.69) is 29.6 Å². The smallest absolute Gasteiger partial charge is 0.407 e. The topological polar surface area (TPSA) is 55.4 Å². The van der Waals surface area contributed by atoms with E-state index in [1.807, 2.05) is 84.9 Å². The first kappa shape index (κ1) is 23.9. The first-order valence-corrected chi connectivity index (χ1v) is 13.0. The van der Waals surface area contributed by atoms with Gasteiger partial charge in [0.15, 0.2) is 0 Å². The van der Waals surface area contributed by atoms with Gasteiger partial charge in [-0.3, -0.25) is 4.79 Å². The van der Waals surface area contributed by atoms with Crippen LogP contribution in [0.2, 0.25) is 0 Å². The molecule has 0 saturated carbocycles. The van der Waals surface area contributed by atoms with Crippen LogP contribution in [0.15, 0.2) is 109 Å². The molecule has 0 aromatic heterocycles. The zero-order chi connectivity index (χ0) is 24.7. The molecule has 0 fully saturated rings. The van der Waals surface area contributed by atoms with E-state index in [1.54, 1.807) is 0 Å². The van der Waals surface area contributed by atoms with Crippen molar-refractivity contribution in [3.05, 3.63) is 131 Å². The second-order valence-electron chi connectivity index (χ2n) is 8.81. The maximum absolute atomic E-state index is 13.1. The van der Waals surface area contributed by atoms with Crippen LogP contribution in [-0.2, 0) is 21.7 Å². The second kappa shape index (κ2) is 11.3. The summed E-state index contributed by atoms with van der Waals surface area (Å²) in [7, 11) is 0. The van der Waals surface area contributed by atoms with Crippen LogP contribution in [0.3, 0.4) is 0 Å². The lowest BCUT2D eigenvalue weighted by Gasteiger charge is -2.19. The fraction of sp³-hybridized carbons (Fsp3) is 0.161. The Hall–Kier alpha value is -3.83. The Bertz CT molecular complexity index is 1290. The van der Waals surface area contributed by atoms with Crippen molar-refractivity contribution in [3.8, 4) is 11.1 Å². The molecule has 0 spiro atoms. The molecule has 0 bridgehead atoms. The van der Waals surface area contributed by atoms with Crippen molar-refractivity contribution in [3.63, 3.8) is 0 Å². The number of hydrogen-bond donors (Lipinski definition) is 1. The molecule has 1 N–H and O–H groups in total. The molecule has 180 valence electrons. The van der Waals surface area contributed by atoms with E-state index in [1.165, 1.54) is 22.9 Å². The normalized spacial score (nSPS) is 12.9. The average molecular weight is 494 g/mol. The summed E-state index contributed by atoms with van der Waals surface area (Å²) in [6, 6.07) is 35.3. The summed E-state index contributed by atoms with van der Waals surface area (Å²) in [5, 5.41) is 2.76. The zero-order valence-electron chi connectivity index (χ0n) is 19.8. The van der Waals surface area contributed by atoms with Gasteiger partial charge in [-0.2, -0.15) is 0 Å². The van der Waals surface area contributed by atoms with Crippen LogP contribution in [0, 0.1) is 0 Å². The van der Waals surface area contributed by atoms with E-state index in [9.17, 15) is 9.59 Å². The zero-order valence-corrected chi connectivity index (χ0v) is 20.6. The summed E-state index contributed by atoms with van der Waals surface area (Å²) < 4.78 is 5.71. The maximum atomic E-state index is 13.1. The third-order valence-corrected chi connectivity index (χ3v) is 7.47. The van der Waals surface area contributed by atoms with Crippen molar-refractivity contribution in [2.75, 3.05) is 6.61 Å². The van der Waals surface area contributed by atoms with E-state index < -0.39 is 12.1 Å². The summed E-state index contributed by atoms with van der Waals surface area (Å²) in [4.78, 5) is 26.0. The Morgan fingerprint density at radius 2 is 1.25 bits per heavy atom. The Labute approximate surface area is 215 Å². The van der Waals surface area contributed by atoms with E-state index >= 15 is 0 Å². The summed E-state index contributed by atoms with van der Waals surface area (Å²) in [6.07, 6.45) is -0.169. The third kappa shape index (κ3) is 5.52. The fourth-order valence-electron chi connectivity index (χ4n) is 4.65. The molecule has 0 aliphatic heterocycles. The number of carbonyl (C=O) groups excluding carboxylic acids is 2. The number of amides is 1. The summed E-state index contributed by atoms with van der Waals surface area (Å²) in [6.45, 7) is 0.212. The molecular weight excluding hydrogens is 466 g/mol. The largest absolute Gasteiger partial charge is 0.449 e. The van der Waals surface area contributed by atoms with Crippen LogP contribution in [0.4, 0.5) is 4.79 Å². The average Bonchev–Trinajstić information content (AvgIpc) is 3.25. The van der Waals surface area contributed by atoms with E-state index in [-0.39, 0.29) is 17.6 Å². The van der Waals surface area contributed by atoms with Gasteiger partial charge in [0.05, 0.1) is 0 Å². The number of thioether (sulfide) groups is 1. The van der Waals surface area contributed by atoms with E-state index in [0.29, 0.717) is 12.2 Å². The van der Waals surface area contributed by atoms with Gasteiger partial charge in [-0.1, -0.05) is 121 Å². The minimum atomic E-state index is -0.684. The Kier molecular flexibility index (Phi) is 7.48. The predicted molar refractivity (Wildman–Crippen MR) is 145 cm³/mol. The molecule has 4 nitrogen and oxygen atoms in total. The van der Waals surface area contributed by atoms with Gasteiger partial charge >= 0.3 is 6.09 Å². The summed E-state index contributed by atoms with van der Waals surface area (Å²) >= 11 is 1.21. The maximum Gasteiger partial charge on any atom is 0.407 e. The van der Waals surface area contributed by atoms with Gasteiger partial charge in [0.25, 0.3) is 0 Å². The molecule has 1 atom stereocenters. The molecular formula is C31H27NO3S. The van der Waals surface area contributed by atoms with Crippen LogP contribution >= 0.6 is 11.8 Å². The quantitative estimate of drug-likeness (QED) is 0.301. The number of fused-ring (bicyclic) bond motifs is 3. The lowest BCUT2D eigenvalue weighted by Crippen LogP contribution is -2.42. The van der Waals surface area contributed by atoms with Crippen molar-refractivity contribution < 1.29 is 14.3 Å². The number of nitrogens with one attached hydrogen (secondary N) is 1.